The first kappa shape index (κ1) is 17.8. The van der Waals surface area contributed by atoms with E-state index in [2.05, 4.69) is 49.9 Å². The molecule has 0 bridgehead atoms. The molecule has 2 rings (SSSR count). The average Bonchev–Trinajstić information content (AvgIpc) is 2.80. The molecule has 1 heterocycles. The van der Waals surface area contributed by atoms with Gasteiger partial charge in [0.2, 0.25) is 0 Å². The van der Waals surface area contributed by atoms with Crippen LogP contribution in [0.5, 0.6) is 0 Å². The van der Waals surface area contributed by atoms with Gasteiger partial charge in [0, 0.05) is 12.6 Å². The van der Waals surface area contributed by atoms with E-state index in [0.29, 0.717) is 18.6 Å². The molecule has 3 heteroatoms. The molecule has 1 aliphatic heterocycles. The molecular formula is C19H30ClNO. The molecule has 0 radical (unpaired) electrons. The van der Waals surface area contributed by atoms with E-state index in [-0.39, 0.29) is 11.5 Å². The van der Waals surface area contributed by atoms with Crippen LogP contribution in [0.4, 0.5) is 0 Å². The first-order chi connectivity index (χ1) is 10.6. The van der Waals surface area contributed by atoms with Crippen molar-refractivity contribution in [3.63, 3.8) is 0 Å². The highest BCUT2D eigenvalue weighted by Gasteiger charge is 2.40. The highest BCUT2D eigenvalue weighted by molar-refractivity contribution is 6.21. The second-order valence-electron chi connectivity index (χ2n) is 6.82. The Hall–Kier alpha value is -0.570. The number of unbranched alkanes of at least 4 members (excludes halogenated alkanes) is 1. The van der Waals surface area contributed by atoms with Crippen molar-refractivity contribution in [2.24, 2.45) is 5.92 Å². The topological polar surface area (TPSA) is 12.5 Å². The van der Waals surface area contributed by atoms with Crippen molar-refractivity contribution < 1.29 is 4.74 Å². The normalized spacial score (nSPS) is 26.0. The zero-order chi connectivity index (χ0) is 15.9. The van der Waals surface area contributed by atoms with E-state index in [1.807, 2.05) is 6.07 Å². The predicted octanol–water partition coefficient (Wildman–Crippen LogP) is 4.71. The fourth-order valence-electron chi connectivity index (χ4n) is 3.22. The fourth-order valence-corrected chi connectivity index (χ4v) is 3.63. The average molecular weight is 324 g/mol. The number of nitrogens with zero attached hydrogens (tertiary/aromatic N) is 1. The first-order valence-corrected chi connectivity index (χ1v) is 9.09. The highest BCUT2D eigenvalue weighted by atomic mass is 35.5. The molecule has 1 saturated heterocycles. The summed E-state index contributed by atoms with van der Waals surface area (Å²) in [6, 6.07) is 10.8. The number of halogens is 1. The van der Waals surface area contributed by atoms with Crippen LogP contribution in [0.1, 0.15) is 45.6 Å². The van der Waals surface area contributed by atoms with Crippen molar-refractivity contribution in [2.75, 3.05) is 13.1 Å². The van der Waals surface area contributed by atoms with Crippen LogP contribution in [0.3, 0.4) is 0 Å². The van der Waals surface area contributed by atoms with Crippen molar-refractivity contribution in [3.05, 3.63) is 35.9 Å². The van der Waals surface area contributed by atoms with Gasteiger partial charge in [0.05, 0.1) is 18.1 Å². The standard InChI is InChI=1S/C19H30ClNO/c1-4-5-11-21-13-18(19(20)17(21)12-15(2)3)22-14-16-9-7-6-8-10-16/h6-10,15,17-19H,4-5,11-14H2,1-3H3/t17-,18-,19+/m1/s1. The minimum atomic E-state index is 0.1000. The van der Waals surface area contributed by atoms with Gasteiger partial charge in [0.1, 0.15) is 0 Å². The smallest absolute Gasteiger partial charge is 0.0885 e. The summed E-state index contributed by atoms with van der Waals surface area (Å²) < 4.78 is 6.15. The Morgan fingerprint density at radius 1 is 1.27 bits per heavy atom. The van der Waals surface area contributed by atoms with Crippen LogP contribution in [-0.4, -0.2) is 35.5 Å². The monoisotopic (exact) mass is 323 g/mol. The van der Waals surface area contributed by atoms with Gasteiger partial charge in [-0.1, -0.05) is 57.5 Å². The molecule has 3 atom stereocenters. The van der Waals surface area contributed by atoms with Crippen molar-refractivity contribution in [1.82, 2.24) is 4.90 Å². The Balaban J connectivity index is 1.93. The molecular weight excluding hydrogens is 294 g/mol. The SMILES string of the molecule is CCCCN1C[C@@H](OCc2ccccc2)[C@@H](Cl)[C@H]1CC(C)C. The lowest BCUT2D eigenvalue weighted by atomic mass is 10.0. The Bertz CT molecular complexity index is 423. The molecule has 1 aromatic rings. The number of hydrogen-bond acceptors (Lipinski definition) is 2. The Morgan fingerprint density at radius 3 is 2.64 bits per heavy atom. The molecule has 0 spiro atoms. The molecule has 1 fully saturated rings. The Morgan fingerprint density at radius 2 is 2.00 bits per heavy atom. The number of ether oxygens (including phenoxy) is 1. The summed E-state index contributed by atoms with van der Waals surface area (Å²) in [5.74, 6) is 0.670. The summed E-state index contributed by atoms with van der Waals surface area (Å²) in [6.07, 6.45) is 3.77. The minimum Gasteiger partial charge on any atom is -0.371 e. The summed E-state index contributed by atoms with van der Waals surface area (Å²) in [6.45, 7) is 9.57. The zero-order valence-corrected chi connectivity index (χ0v) is 14.9. The first-order valence-electron chi connectivity index (χ1n) is 8.65. The second-order valence-corrected chi connectivity index (χ2v) is 7.33. The summed E-state index contributed by atoms with van der Waals surface area (Å²) in [4.78, 5) is 2.55. The molecule has 0 amide bonds. The molecule has 0 N–H and O–H groups in total. The summed E-state index contributed by atoms with van der Waals surface area (Å²) in [5, 5.41) is 0.1000. The lowest BCUT2D eigenvalue weighted by Crippen LogP contribution is -2.35. The van der Waals surface area contributed by atoms with Crippen LogP contribution in [0.15, 0.2) is 30.3 Å². The number of likely N-dealkylation sites (tertiary alicyclic amines) is 1. The highest BCUT2D eigenvalue weighted by Crippen LogP contribution is 2.31. The maximum atomic E-state index is 6.76. The maximum Gasteiger partial charge on any atom is 0.0885 e. The lowest BCUT2D eigenvalue weighted by molar-refractivity contribution is 0.0482. The second kappa shape index (κ2) is 8.90. The van der Waals surface area contributed by atoms with Gasteiger partial charge in [0.15, 0.2) is 0 Å². The molecule has 1 aromatic carbocycles. The summed E-state index contributed by atoms with van der Waals surface area (Å²) >= 11 is 6.76. The van der Waals surface area contributed by atoms with E-state index in [4.69, 9.17) is 16.3 Å². The largest absolute Gasteiger partial charge is 0.371 e. The van der Waals surface area contributed by atoms with Gasteiger partial charge in [-0.3, -0.25) is 4.90 Å². The van der Waals surface area contributed by atoms with E-state index in [9.17, 15) is 0 Å². The molecule has 0 unspecified atom stereocenters. The van der Waals surface area contributed by atoms with Gasteiger partial charge >= 0.3 is 0 Å². The molecule has 124 valence electrons. The Labute approximate surface area is 140 Å². The molecule has 0 aromatic heterocycles. The van der Waals surface area contributed by atoms with E-state index >= 15 is 0 Å². The number of hydrogen-bond donors (Lipinski definition) is 0. The number of rotatable bonds is 8. The zero-order valence-electron chi connectivity index (χ0n) is 14.2. The van der Waals surface area contributed by atoms with Gasteiger partial charge in [-0.25, -0.2) is 0 Å². The molecule has 0 aliphatic carbocycles. The third kappa shape index (κ3) is 4.97. The van der Waals surface area contributed by atoms with Crippen LogP contribution < -0.4 is 0 Å². The van der Waals surface area contributed by atoms with Gasteiger partial charge in [-0.05, 0) is 30.9 Å². The minimum absolute atomic E-state index is 0.1000. The molecule has 22 heavy (non-hydrogen) atoms. The quantitative estimate of drug-likeness (QED) is 0.642. The van der Waals surface area contributed by atoms with E-state index in [1.54, 1.807) is 0 Å². The number of benzene rings is 1. The summed E-state index contributed by atoms with van der Waals surface area (Å²) in [5.41, 5.74) is 1.22. The number of alkyl halides is 1. The molecule has 1 aliphatic rings. The van der Waals surface area contributed by atoms with Crippen molar-refractivity contribution in [2.45, 2.75) is 64.2 Å². The molecule has 2 nitrogen and oxygen atoms in total. The van der Waals surface area contributed by atoms with Crippen molar-refractivity contribution >= 4 is 11.6 Å². The van der Waals surface area contributed by atoms with Crippen LogP contribution in [-0.2, 0) is 11.3 Å². The fraction of sp³-hybridized carbons (Fsp3) is 0.684. The third-order valence-electron chi connectivity index (χ3n) is 4.42. The van der Waals surface area contributed by atoms with Crippen LogP contribution in [0, 0.1) is 5.92 Å². The van der Waals surface area contributed by atoms with Crippen molar-refractivity contribution in [3.8, 4) is 0 Å². The summed E-state index contributed by atoms with van der Waals surface area (Å²) in [7, 11) is 0. The van der Waals surface area contributed by atoms with Gasteiger partial charge in [-0.2, -0.15) is 0 Å². The lowest BCUT2D eigenvalue weighted by Gasteiger charge is -2.27. The maximum absolute atomic E-state index is 6.76. The third-order valence-corrected chi connectivity index (χ3v) is 5.00. The van der Waals surface area contributed by atoms with E-state index in [1.165, 1.54) is 18.4 Å². The Kier molecular flexibility index (Phi) is 7.20. The predicted molar refractivity (Wildman–Crippen MR) is 94.4 cm³/mol. The van der Waals surface area contributed by atoms with Crippen LogP contribution >= 0.6 is 11.6 Å². The van der Waals surface area contributed by atoms with Gasteiger partial charge < -0.3 is 4.74 Å². The van der Waals surface area contributed by atoms with Crippen LogP contribution in [0.2, 0.25) is 0 Å². The van der Waals surface area contributed by atoms with Gasteiger partial charge in [0.25, 0.3) is 0 Å². The van der Waals surface area contributed by atoms with Crippen LogP contribution in [0.25, 0.3) is 0 Å². The van der Waals surface area contributed by atoms with Crippen molar-refractivity contribution in [1.29, 1.82) is 0 Å². The van der Waals surface area contributed by atoms with E-state index < -0.39 is 0 Å². The van der Waals surface area contributed by atoms with Gasteiger partial charge in [-0.15, -0.1) is 11.6 Å². The molecule has 0 saturated carbocycles. The van der Waals surface area contributed by atoms with E-state index in [0.717, 1.165) is 19.5 Å².